The molecule has 23 heavy (non-hydrogen) atoms. The maximum absolute atomic E-state index is 13.0. The van der Waals surface area contributed by atoms with E-state index in [1.807, 2.05) is 38.1 Å². The number of benzene rings is 1. The second kappa shape index (κ2) is 6.86. The zero-order valence-corrected chi connectivity index (χ0v) is 13.7. The number of carbonyl (C=O) groups excluding carboxylic acids is 1. The highest BCUT2D eigenvalue weighted by molar-refractivity contribution is 6.06. The van der Waals surface area contributed by atoms with Gasteiger partial charge in [-0.15, -0.1) is 0 Å². The van der Waals surface area contributed by atoms with Gasteiger partial charge >= 0.3 is 0 Å². The smallest absolute Gasteiger partial charge is 0.280 e. The molecule has 1 aliphatic carbocycles. The molecule has 0 saturated carbocycles. The van der Waals surface area contributed by atoms with Crippen LogP contribution in [0.15, 0.2) is 28.8 Å². The van der Waals surface area contributed by atoms with Gasteiger partial charge in [0.2, 0.25) is 0 Å². The summed E-state index contributed by atoms with van der Waals surface area (Å²) in [4.78, 5) is 14.7. The molecule has 1 aliphatic rings. The van der Waals surface area contributed by atoms with Gasteiger partial charge < -0.3 is 14.2 Å². The molecule has 0 aliphatic heterocycles. The average Bonchev–Trinajstić information content (AvgIpc) is 3.01. The lowest BCUT2D eigenvalue weighted by Crippen LogP contribution is -2.32. The van der Waals surface area contributed by atoms with E-state index in [0.717, 1.165) is 42.7 Å². The number of aryl methyl sites for hydroxylation is 1. The average molecular weight is 314 g/mol. The number of rotatable bonds is 5. The Labute approximate surface area is 136 Å². The monoisotopic (exact) mass is 314 g/mol. The summed E-state index contributed by atoms with van der Waals surface area (Å²) in [7, 11) is 0. The summed E-state index contributed by atoms with van der Waals surface area (Å²) in [6.07, 6.45) is 3.92. The van der Waals surface area contributed by atoms with Crippen molar-refractivity contribution in [2.75, 3.05) is 18.1 Å². The molecular formula is C18H22N2O3. The molecule has 1 aromatic heterocycles. The van der Waals surface area contributed by atoms with Crippen LogP contribution in [0.25, 0.3) is 0 Å². The highest BCUT2D eigenvalue weighted by atomic mass is 16.5. The van der Waals surface area contributed by atoms with Crippen molar-refractivity contribution in [1.82, 2.24) is 5.16 Å². The maximum atomic E-state index is 13.0. The summed E-state index contributed by atoms with van der Waals surface area (Å²) in [5.41, 5.74) is 2.20. The van der Waals surface area contributed by atoms with Crippen LogP contribution < -0.4 is 9.64 Å². The third-order valence-electron chi connectivity index (χ3n) is 4.17. The lowest BCUT2D eigenvalue weighted by molar-refractivity contribution is 0.0978. The number of carbonyl (C=O) groups is 1. The highest BCUT2D eigenvalue weighted by Crippen LogP contribution is 2.31. The van der Waals surface area contributed by atoms with E-state index in [1.165, 1.54) is 0 Å². The van der Waals surface area contributed by atoms with E-state index in [9.17, 15) is 4.79 Å². The van der Waals surface area contributed by atoms with Gasteiger partial charge in [-0.05, 0) is 45.2 Å². The molecule has 1 heterocycles. The van der Waals surface area contributed by atoms with Gasteiger partial charge in [-0.3, -0.25) is 4.79 Å². The van der Waals surface area contributed by atoms with Gasteiger partial charge in [0.25, 0.3) is 5.91 Å². The predicted octanol–water partition coefficient (Wildman–Crippen LogP) is 3.62. The molecule has 0 saturated heterocycles. The van der Waals surface area contributed by atoms with Crippen LogP contribution in [-0.4, -0.2) is 24.2 Å². The van der Waals surface area contributed by atoms with Crippen LogP contribution in [0.2, 0.25) is 0 Å². The minimum absolute atomic E-state index is 0.119. The number of hydrogen-bond acceptors (Lipinski definition) is 4. The molecule has 0 N–H and O–H groups in total. The van der Waals surface area contributed by atoms with E-state index < -0.39 is 0 Å². The Balaban J connectivity index is 1.95. The molecule has 5 heteroatoms. The van der Waals surface area contributed by atoms with Crippen LogP contribution in [0.3, 0.4) is 0 Å². The Kier molecular flexibility index (Phi) is 4.65. The van der Waals surface area contributed by atoms with E-state index in [4.69, 9.17) is 9.26 Å². The SMILES string of the molecule is CCOc1ccccc1N(CC)C(=O)c1noc2c1CCCC2. The van der Waals surface area contributed by atoms with Crippen molar-refractivity contribution in [3.05, 3.63) is 41.3 Å². The molecule has 5 nitrogen and oxygen atoms in total. The van der Waals surface area contributed by atoms with Crippen LogP contribution in [0, 0.1) is 0 Å². The molecule has 2 aromatic rings. The summed E-state index contributed by atoms with van der Waals surface area (Å²) < 4.78 is 11.0. The molecular weight excluding hydrogens is 292 g/mol. The van der Waals surface area contributed by atoms with Gasteiger partial charge in [0.15, 0.2) is 5.69 Å². The Morgan fingerprint density at radius 2 is 2.04 bits per heavy atom. The Morgan fingerprint density at radius 1 is 1.26 bits per heavy atom. The van der Waals surface area contributed by atoms with Gasteiger partial charge in [-0.2, -0.15) is 0 Å². The number of nitrogens with zero attached hydrogens (tertiary/aromatic N) is 2. The quantitative estimate of drug-likeness (QED) is 0.846. The number of ether oxygens (including phenoxy) is 1. The lowest BCUT2D eigenvalue weighted by atomic mass is 9.96. The van der Waals surface area contributed by atoms with Crippen molar-refractivity contribution < 1.29 is 14.1 Å². The first-order chi connectivity index (χ1) is 11.3. The first-order valence-electron chi connectivity index (χ1n) is 8.27. The number of amides is 1. The number of aromatic nitrogens is 1. The summed E-state index contributed by atoms with van der Waals surface area (Å²) in [5.74, 6) is 1.46. The van der Waals surface area contributed by atoms with E-state index in [1.54, 1.807) is 4.90 Å². The molecule has 122 valence electrons. The van der Waals surface area contributed by atoms with Gasteiger partial charge in [-0.1, -0.05) is 17.3 Å². The Hall–Kier alpha value is -2.30. The zero-order chi connectivity index (χ0) is 16.2. The normalized spacial score (nSPS) is 13.5. The maximum Gasteiger partial charge on any atom is 0.280 e. The standard InChI is InChI=1S/C18H22N2O3/c1-3-20(14-10-6-8-12-16(14)22-4-2)18(21)17-13-9-5-7-11-15(13)23-19-17/h6,8,10,12H,3-5,7,9,11H2,1-2H3. The molecule has 0 spiro atoms. The van der Waals surface area contributed by atoms with Gasteiger partial charge in [0.1, 0.15) is 11.5 Å². The first-order valence-corrected chi connectivity index (χ1v) is 8.27. The largest absolute Gasteiger partial charge is 0.492 e. The molecule has 0 unspecified atom stereocenters. The lowest BCUT2D eigenvalue weighted by Gasteiger charge is -2.23. The summed E-state index contributed by atoms with van der Waals surface area (Å²) in [6.45, 7) is 4.99. The fourth-order valence-corrected chi connectivity index (χ4v) is 3.06. The van der Waals surface area contributed by atoms with E-state index in [2.05, 4.69) is 5.16 Å². The highest BCUT2D eigenvalue weighted by Gasteiger charge is 2.28. The molecule has 1 aromatic carbocycles. The topological polar surface area (TPSA) is 55.6 Å². The number of para-hydroxylation sites is 2. The second-order valence-corrected chi connectivity index (χ2v) is 5.59. The van der Waals surface area contributed by atoms with Crippen LogP contribution in [0.4, 0.5) is 5.69 Å². The van der Waals surface area contributed by atoms with E-state index in [0.29, 0.717) is 24.6 Å². The van der Waals surface area contributed by atoms with Crippen molar-refractivity contribution >= 4 is 11.6 Å². The van der Waals surface area contributed by atoms with Crippen LogP contribution in [-0.2, 0) is 12.8 Å². The van der Waals surface area contributed by atoms with Crippen molar-refractivity contribution in [3.63, 3.8) is 0 Å². The van der Waals surface area contributed by atoms with Crippen LogP contribution >= 0.6 is 0 Å². The van der Waals surface area contributed by atoms with Crippen LogP contribution in [0.5, 0.6) is 5.75 Å². The minimum atomic E-state index is -0.119. The number of anilines is 1. The first kappa shape index (κ1) is 15.6. The number of fused-ring (bicyclic) bond motifs is 1. The Morgan fingerprint density at radius 3 is 2.83 bits per heavy atom. The molecule has 0 bridgehead atoms. The molecule has 0 atom stereocenters. The third-order valence-corrected chi connectivity index (χ3v) is 4.17. The summed E-state index contributed by atoms with van der Waals surface area (Å²) in [5, 5.41) is 4.06. The predicted molar refractivity (Wildman–Crippen MR) is 88.1 cm³/mol. The zero-order valence-electron chi connectivity index (χ0n) is 13.7. The third kappa shape index (κ3) is 2.96. The fraction of sp³-hybridized carbons (Fsp3) is 0.444. The summed E-state index contributed by atoms with van der Waals surface area (Å²) >= 11 is 0. The van der Waals surface area contributed by atoms with Crippen molar-refractivity contribution in [1.29, 1.82) is 0 Å². The Bertz CT molecular complexity index is 693. The van der Waals surface area contributed by atoms with Crippen molar-refractivity contribution in [2.24, 2.45) is 0 Å². The van der Waals surface area contributed by atoms with E-state index >= 15 is 0 Å². The van der Waals surface area contributed by atoms with Crippen molar-refractivity contribution in [3.8, 4) is 5.75 Å². The summed E-state index contributed by atoms with van der Waals surface area (Å²) in [6, 6.07) is 7.60. The fourth-order valence-electron chi connectivity index (χ4n) is 3.06. The number of hydrogen-bond donors (Lipinski definition) is 0. The van der Waals surface area contributed by atoms with Gasteiger partial charge in [-0.25, -0.2) is 0 Å². The molecule has 3 rings (SSSR count). The minimum Gasteiger partial charge on any atom is -0.492 e. The molecule has 1 amide bonds. The van der Waals surface area contributed by atoms with Gasteiger partial charge in [0, 0.05) is 18.5 Å². The molecule has 0 radical (unpaired) electrons. The van der Waals surface area contributed by atoms with E-state index in [-0.39, 0.29) is 5.91 Å². The van der Waals surface area contributed by atoms with Crippen LogP contribution in [0.1, 0.15) is 48.5 Å². The van der Waals surface area contributed by atoms with Gasteiger partial charge in [0.05, 0.1) is 12.3 Å². The molecule has 0 fully saturated rings. The second-order valence-electron chi connectivity index (χ2n) is 5.59. The van der Waals surface area contributed by atoms with Crippen molar-refractivity contribution in [2.45, 2.75) is 39.5 Å².